The summed E-state index contributed by atoms with van der Waals surface area (Å²) in [5, 5.41) is 0. The minimum atomic E-state index is 0. The number of rotatable bonds is 0. The number of hydrogen-bond acceptors (Lipinski definition) is 0. The van der Waals surface area contributed by atoms with Gasteiger partial charge in [0.05, 0.1) is 0 Å². The van der Waals surface area contributed by atoms with Gasteiger partial charge >= 0.3 is 36.2 Å². The van der Waals surface area contributed by atoms with Gasteiger partial charge in [-0.2, -0.15) is 0 Å². The first kappa shape index (κ1) is 81.1. The van der Waals surface area contributed by atoms with E-state index in [9.17, 15) is 0 Å². The Kier molecular flexibility index (Phi) is 738. The summed E-state index contributed by atoms with van der Waals surface area (Å²) in [5.74, 6) is 0. The maximum atomic E-state index is 0. The molecule has 0 saturated carbocycles. The summed E-state index contributed by atoms with van der Waals surface area (Å²) in [7, 11) is 0. The third kappa shape index (κ3) is 12.1. The van der Waals surface area contributed by atoms with Crippen LogP contribution >= 0.6 is 0 Å². The summed E-state index contributed by atoms with van der Waals surface area (Å²) in [6.45, 7) is 0. The summed E-state index contributed by atoms with van der Waals surface area (Å²) < 4.78 is 0. The molecule has 0 nitrogen and oxygen atoms in total. The summed E-state index contributed by atoms with van der Waals surface area (Å²) in [6.07, 6.45) is 0. The molecule has 0 aliphatic carbocycles. The molecule has 0 aliphatic rings. The van der Waals surface area contributed by atoms with E-state index in [1.54, 1.807) is 0 Å². The molecule has 0 aromatic heterocycles. The molecule has 0 fully saturated rings. The van der Waals surface area contributed by atoms with E-state index in [2.05, 4.69) is 0 Å². The molecule has 0 aliphatic heterocycles. The Morgan fingerprint density at radius 2 is 0.750 bits per heavy atom. The van der Waals surface area contributed by atoms with Crippen molar-refractivity contribution >= 4 is 17.4 Å². The van der Waals surface area contributed by atoms with E-state index in [1.807, 2.05) is 0 Å². The second-order valence-corrected chi connectivity index (χ2v) is 0. The average molecular weight is 71.9 g/mol. The van der Waals surface area contributed by atoms with Crippen LogP contribution in [-0.2, 0) is 0 Å². The largest absolute Gasteiger partial charge is 3.00 e. The number of halogens is 2. The van der Waals surface area contributed by atoms with Crippen LogP contribution in [0.5, 0.6) is 0 Å². The van der Waals surface area contributed by atoms with Gasteiger partial charge in [-0.05, 0) is 0 Å². The minimum absolute atomic E-state index is 0. The van der Waals surface area contributed by atoms with Crippen LogP contribution in [0.25, 0.3) is 0 Å². The smallest absolute Gasteiger partial charge is 1.00 e. The van der Waals surface area contributed by atoms with E-state index in [0.29, 0.717) is 0 Å². The monoisotopic (exact) mass is 72.0 g/mol. The predicted molar refractivity (Wildman–Crippen MR) is 5.75 cm³/mol. The van der Waals surface area contributed by atoms with E-state index in [-0.39, 0.29) is 45.6 Å². The molecule has 0 N–H and O–H groups in total. The van der Waals surface area contributed by atoms with Crippen molar-refractivity contribution in [2.45, 2.75) is 0 Å². The molecule has 4 heteroatoms. The first-order valence-corrected chi connectivity index (χ1v) is 0. The van der Waals surface area contributed by atoms with E-state index < -0.39 is 0 Å². The van der Waals surface area contributed by atoms with E-state index >= 15 is 0 Å². The molecule has 0 spiro atoms. The normalized spacial score (nSPS) is 0. The maximum Gasteiger partial charge on any atom is 3.00 e. The van der Waals surface area contributed by atoms with Crippen molar-refractivity contribution in [1.29, 1.82) is 0 Å². The van der Waals surface area contributed by atoms with Gasteiger partial charge in [0, 0.05) is 0 Å². The summed E-state index contributed by atoms with van der Waals surface area (Å²) >= 11 is 0. The van der Waals surface area contributed by atoms with E-state index in [1.165, 1.54) is 0 Å². The SMILES string of the molecule is [Al+3].[F-].[F-].[Li+]. The van der Waals surface area contributed by atoms with Gasteiger partial charge in [-0.3, -0.25) is 0 Å². The molecule has 4 heavy (non-hydrogen) atoms. The second-order valence-electron chi connectivity index (χ2n) is 0. The molecule has 0 saturated heterocycles. The van der Waals surface area contributed by atoms with Crippen molar-refractivity contribution in [2.24, 2.45) is 0 Å². The van der Waals surface area contributed by atoms with Crippen molar-refractivity contribution in [1.82, 2.24) is 0 Å². The molecular weight excluding hydrogens is 71.9 g/mol. The fourth-order valence-electron chi connectivity index (χ4n) is 0. The molecule has 16 valence electrons. The predicted octanol–water partition coefficient (Wildman–Crippen LogP) is -9.37. The van der Waals surface area contributed by atoms with Crippen LogP contribution in [0.4, 0.5) is 0 Å². The zero-order chi connectivity index (χ0) is 0. The molecule has 0 bridgehead atoms. The van der Waals surface area contributed by atoms with Crippen LogP contribution < -0.4 is 28.3 Å². The van der Waals surface area contributed by atoms with Crippen LogP contribution in [0, 0.1) is 0 Å². The van der Waals surface area contributed by atoms with Gasteiger partial charge in [0.25, 0.3) is 0 Å². The molecule has 0 radical (unpaired) electrons. The first-order chi connectivity index (χ1) is 0. The Hall–Kier alpha value is 0.990. The van der Waals surface area contributed by atoms with E-state index in [0.717, 1.165) is 0 Å². The zero-order valence-corrected chi connectivity index (χ0v) is 3.49. The van der Waals surface area contributed by atoms with Crippen molar-refractivity contribution < 1.29 is 28.3 Å². The van der Waals surface area contributed by atoms with Gasteiger partial charge < -0.3 is 9.41 Å². The fourth-order valence-corrected chi connectivity index (χ4v) is 0. The molecule has 0 aromatic carbocycles. The number of hydrogen-bond donors (Lipinski definition) is 0. The van der Waals surface area contributed by atoms with Gasteiger partial charge in [0.1, 0.15) is 0 Å². The topological polar surface area (TPSA) is 0 Å². The van der Waals surface area contributed by atoms with Crippen molar-refractivity contribution in [2.75, 3.05) is 0 Å². The second kappa shape index (κ2) is 36.4. The molecule has 0 amide bonds. The minimum Gasteiger partial charge on any atom is -1.00 e. The molecule has 0 aromatic rings. The third-order valence-electron chi connectivity index (χ3n) is 0. The van der Waals surface area contributed by atoms with Gasteiger partial charge in [0.15, 0.2) is 0 Å². The van der Waals surface area contributed by atoms with Crippen LogP contribution in [0.1, 0.15) is 0 Å². The standard InChI is InChI=1S/Al.2FH.Li/h;2*1H;/q+3;;;+1/p-2. The molecule has 0 heterocycles. The quantitative estimate of drug-likeness (QED) is 0.249. The molecular formula is AlF2Li+2. The summed E-state index contributed by atoms with van der Waals surface area (Å²) in [4.78, 5) is 0. The van der Waals surface area contributed by atoms with Crippen molar-refractivity contribution in [3.63, 3.8) is 0 Å². The van der Waals surface area contributed by atoms with E-state index in [4.69, 9.17) is 0 Å². The van der Waals surface area contributed by atoms with Gasteiger partial charge in [-0.25, -0.2) is 0 Å². The summed E-state index contributed by atoms with van der Waals surface area (Å²) in [6, 6.07) is 0. The van der Waals surface area contributed by atoms with Crippen LogP contribution in [0.15, 0.2) is 0 Å². The van der Waals surface area contributed by atoms with Crippen LogP contribution in [0.3, 0.4) is 0 Å². The van der Waals surface area contributed by atoms with Crippen LogP contribution in [-0.4, -0.2) is 17.4 Å². The Morgan fingerprint density at radius 3 is 0.750 bits per heavy atom. The van der Waals surface area contributed by atoms with Gasteiger partial charge in [0.2, 0.25) is 0 Å². The Bertz CT molecular complexity index is 6.00. The van der Waals surface area contributed by atoms with Gasteiger partial charge in [-0.1, -0.05) is 0 Å². The Morgan fingerprint density at radius 1 is 0.750 bits per heavy atom. The van der Waals surface area contributed by atoms with Gasteiger partial charge in [-0.15, -0.1) is 0 Å². The maximum absolute atomic E-state index is 0. The molecule has 0 unspecified atom stereocenters. The Labute approximate surface area is 46.0 Å². The molecule has 0 rings (SSSR count). The average Bonchev–Trinajstić information content (AvgIpc) is 0. The van der Waals surface area contributed by atoms with Crippen molar-refractivity contribution in [3.05, 3.63) is 0 Å². The third-order valence-corrected chi connectivity index (χ3v) is 0. The first-order valence-electron chi connectivity index (χ1n) is 0. The Balaban J connectivity index is 0. The fraction of sp³-hybridized carbons (Fsp3) is 0. The zero-order valence-electron chi connectivity index (χ0n) is 2.33. The van der Waals surface area contributed by atoms with Crippen molar-refractivity contribution in [3.8, 4) is 0 Å². The van der Waals surface area contributed by atoms with Crippen LogP contribution in [0.2, 0.25) is 0 Å². The molecule has 0 atom stereocenters. The summed E-state index contributed by atoms with van der Waals surface area (Å²) in [5.41, 5.74) is 0.